The van der Waals surface area contributed by atoms with Gasteiger partial charge in [0.05, 0.1) is 6.10 Å². The maximum Gasteiger partial charge on any atom is 0.204 e. The molecule has 0 amide bonds. The van der Waals surface area contributed by atoms with Gasteiger partial charge in [0.1, 0.15) is 0 Å². The van der Waals surface area contributed by atoms with Crippen LogP contribution in [0.5, 0.6) is 0 Å². The molecule has 1 aliphatic heterocycles. The van der Waals surface area contributed by atoms with Crippen LogP contribution in [0.1, 0.15) is 26.2 Å². The summed E-state index contributed by atoms with van der Waals surface area (Å²) in [7, 11) is 0. The molecule has 20 heavy (non-hydrogen) atoms. The Balaban J connectivity index is 1.70. The molecule has 2 aromatic rings. The lowest BCUT2D eigenvalue weighted by atomic mass is 10.0. The molecule has 1 aromatic heterocycles. The fourth-order valence-corrected chi connectivity index (χ4v) is 2.56. The van der Waals surface area contributed by atoms with Crippen LogP contribution in [-0.2, 0) is 4.74 Å². The van der Waals surface area contributed by atoms with Crippen LogP contribution < -0.4 is 5.32 Å². The normalized spacial score (nSPS) is 22.6. The maximum absolute atomic E-state index is 5.71. The zero-order chi connectivity index (χ0) is 13.8. The molecule has 0 bridgehead atoms. The van der Waals surface area contributed by atoms with Gasteiger partial charge in [0, 0.05) is 23.9 Å². The van der Waals surface area contributed by atoms with Crippen LogP contribution >= 0.6 is 0 Å². The van der Waals surface area contributed by atoms with Gasteiger partial charge in [-0.2, -0.15) is 5.21 Å². The number of H-pyrrole nitrogens is 1. The van der Waals surface area contributed by atoms with Crippen molar-refractivity contribution in [3.05, 3.63) is 24.3 Å². The van der Waals surface area contributed by atoms with Gasteiger partial charge in [-0.3, -0.25) is 0 Å². The molecule has 2 atom stereocenters. The van der Waals surface area contributed by atoms with Gasteiger partial charge in [0.2, 0.25) is 5.82 Å². The van der Waals surface area contributed by atoms with E-state index in [1.165, 1.54) is 0 Å². The van der Waals surface area contributed by atoms with Crippen LogP contribution in [0.3, 0.4) is 0 Å². The molecular formula is C14H19N5O. The summed E-state index contributed by atoms with van der Waals surface area (Å²) in [6, 6.07) is 8.58. The predicted octanol–water partition coefficient (Wildman–Crippen LogP) is 2.24. The van der Waals surface area contributed by atoms with E-state index in [2.05, 4.69) is 45.0 Å². The van der Waals surface area contributed by atoms with Crippen LogP contribution in [0.15, 0.2) is 24.3 Å². The number of nitrogens with one attached hydrogen (secondary N) is 2. The lowest BCUT2D eigenvalue weighted by Gasteiger charge is -2.30. The molecule has 1 fully saturated rings. The molecular weight excluding hydrogens is 254 g/mol. The number of hydrogen-bond donors (Lipinski definition) is 2. The van der Waals surface area contributed by atoms with Gasteiger partial charge >= 0.3 is 0 Å². The highest BCUT2D eigenvalue weighted by molar-refractivity contribution is 5.61. The van der Waals surface area contributed by atoms with Crippen LogP contribution in [0.2, 0.25) is 0 Å². The molecule has 2 unspecified atom stereocenters. The van der Waals surface area contributed by atoms with E-state index in [1.54, 1.807) is 0 Å². The Morgan fingerprint density at radius 3 is 3.20 bits per heavy atom. The van der Waals surface area contributed by atoms with Gasteiger partial charge in [-0.25, -0.2) is 0 Å². The zero-order valence-corrected chi connectivity index (χ0v) is 11.5. The fourth-order valence-electron chi connectivity index (χ4n) is 2.56. The molecule has 0 radical (unpaired) electrons. The van der Waals surface area contributed by atoms with Crippen molar-refractivity contribution in [3.63, 3.8) is 0 Å². The highest BCUT2D eigenvalue weighted by atomic mass is 16.5. The number of rotatable bonds is 4. The van der Waals surface area contributed by atoms with Crippen molar-refractivity contribution in [2.75, 3.05) is 11.9 Å². The quantitative estimate of drug-likeness (QED) is 0.893. The molecule has 1 saturated heterocycles. The molecule has 2 N–H and O–H groups in total. The molecule has 0 saturated carbocycles. The Morgan fingerprint density at radius 1 is 1.45 bits per heavy atom. The minimum Gasteiger partial charge on any atom is -0.382 e. The summed E-state index contributed by atoms with van der Waals surface area (Å²) in [4.78, 5) is 0. The third-order valence-electron chi connectivity index (χ3n) is 3.66. The molecule has 6 heteroatoms. The number of ether oxygens (including phenoxy) is 1. The largest absolute Gasteiger partial charge is 0.382 e. The Labute approximate surface area is 117 Å². The number of nitrogens with zero attached hydrogens (tertiary/aromatic N) is 3. The molecule has 0 aliphatic carbocycles. The highest BCUT2D eigenvalue weighted by Gasteiger charge is 2.21. The fraction of sp³-hybridized carbons (Fsp3) is 0.500. The average Bonchev–Trinajstić information content (AvgIpc) is 3.02. The lowest BCUT2D eigenvalue weighted by molar-refractivity contribution is 0.00926. The summed E-state index contributed by atoms with van der Waals surface area (Å²) in [5.74, 6) is 0.618. The molecule has 1 aliphatic rings. The van der Waals surface area contributed by atoms with Crippen molar-refractivity contribution in [1.29, 1.82) is 0 Å². The van der Waals surface area contributed by atoms with Gasteiger partial charge in [-0.1, -0.05) is 19.1 Å². The van der Waals surface area contributed by atoms with E-state index < -0.39 is 0 Å². The standard InChI is InChI=1S/C14H19N5O/c1-2-13-9-12(6-7-20-13)15-11-5-3-4-10(8-11)14-16-18-19-17-14/h3-5,8,12-13,15H,2,6-7,9H2,1H3,(H,16,17,18,19). The summed E-state index contributed by atoms with van der Waals surface area (Å²) in [5, 5.41) is 17.7. The van der Waals surface area contributed by atoms with Gasteiger partial charge in [0.15, 0.2) is 0 Å². The molecule has 3 rings (SSSR count). The van der Waals surface area contributed by atoms with E-state index >= 15 is 0 Å². The number of anilines is 1. The Hall–Kier alpha value is -1.95. The SMILES string of the molecule is CCC1CC(Nc2cccc(-c3nn[nH]n3)c2)CCO1. The highest BCUT2D eigenvalue weighted by Crippen LogP contribution is 2.23. The van der Waals surface area contributed by atoms with Crippen molar-refractivity contribution in [1.82, 2.24) is 20.6 Å². The van der Waals surface area contributed by atoms with Crippen LogP contribution in [-0.4, -0.2) is 39.4 Å². The minimum atomic E-state index is 0.377. The van der Waals surface area contributed by atoms with Gasteiger partial charge in [-0.05, 0) is 36.6 Å². The topological polar surface area (TPSA) is 75.7 Å². The Morgan fingerprint density at radius 2 is 2.40 bits per heavy atom. The number of aromatic nitrogens is 4. The minimum absolute atomic E-state index is 0.377. The summed E-state index contributed by atoms with van der Waals surface area (Å²) >= 11 is 0. The van der Waals surface area contributed by atoms with Crippen molar-refractivity contribution in [3.8, 4) is 11.4 Å². The first-order chi connectivity index (χ1) is 9.85. The Kier molecular flexibility index (Phi) is 3.92. The van der Waals surface area contributed by atoms with E-state index in [1.807, 2.05) is 12.1 Å². The van der Waals surface area contributed by atoms with Crippen LogP contribution in [0.4, 0.5) is 5.69 Å². The third-order valence-corrected chi connectivity index (χ3v) is 3.66. The predicted molar refractivity (Wildman–Crippen MR) is 76.3 cm³/mol. The first-order valence-corrected chi connectivity index (χ1v) is 7.07. The van der Waals surface area contributed by atoms with E-state index in [0.717, 1.165) is 37.1 Å². The average molecular weight is 273 g/mol. The van der Waals surface area contributed by atoms with Crippen molar-refractivity contribution in [2.24, 2.45) is 0 Å². The summed E-state index contributed by atoms with van der Waals surface area (Å²) < 4.78 is 5.71. The number of benzene rings is 1. The molecule has 106 valence electrons. The van der Waals surface area contributed by atoms with Gasteiger partial charge in [0.25, 0.3) is 0 Å². The van der Waals surface area contributed by atoms with E-state index in [9.17, 15) is 0 Å². The summed E-state index contributed by atoms with van der Waals surface area (Å²) in [6.07, 6.45) is 3.55. The molecule has 0 spiro atoms. The second kappa shape index (κ2) is 6.00. The second-order valence-electron chi connectivity index (χ2n) is 5.08. The van der Waals surface area contributed by atoms with E-state index in [0.29, 0.717) is 18.0 Å². The van der Waals surface area contributed by atoms with E-state index in [-0.39, 0.29) is 0 Å². The molecule has 6 nitrogen and oxygen atoms in total. The monoisotopic (exact) mass is 273 g/mol. The first-order valence-electron chi connectivity index (χ1n) is 7.07. The van der Waals surface area contributed by atoms with Crippen molar-refractivity contribution >= 4 is 5.69 Å². The van der Waals surface area contributed by atoms with Crippen molar-refractivity contribution in [2.45, 2.75) is 38.3 Å². The maximum atomic E-state index is 5.71. The Bertz CT molecular complexity index is 542. The number of hydrogen-bond acceptors (Lipinski definition) is 5. The smallest absolute Gasteiger partial charge is 0.204 e. The lowest BCUT2D eigenvalue weighted by Crippen LogP contribution is -2.33. The summed E-state index contributed by atoms with van der Waals surface area (Å²) in [6.45, 7) is 3.00. The van der Waals surface area contributed by atoms with Gasteiger partial charge < -0.3 is 10.1 Å². The van der Waals surface area contributed by atoms with Gasteiger partial charge in [-0.15, -0.1) is 10.2 Å². The van der Waals surface area contributed by atoms with Crippen LogP contribution in [0.25, 0.3) is 11.4 Å². The van der Waals surface area contributed by atoms with Crippen LogP contribution in [0, 0.1) is 0 Å². The zero-order valence-electron chi connectivity index (χ0n) is 11.5. The molecule has 1 aromatic carbocycles. The summed E-state index contributed by atoms with van der Waals surface area (Å²) in [5.41, 5.74) is 2.05. The van der Waals surface area contributed by atoms with Crippen molar-refractivity contribution < 1.29 is 4.74 Å². The first kappa shape index (κ1) is 13.1. The molecule has 2 heterocycles. The third kappa shape index (κ3) is 2.96. The van der Waals surface area contributed by atoms with E-state index in [4.69, 9.17) is 4.74 Å². The number of aromatic amines is 1. The number of tetrazole rings is 1. The second-order valence-corrected chi connectivity index (χ2v) is 5.08.